The number of aryl methyl sites for hydroxylation is 1. The van der Waals surface area contributed by atoms with E-state index in [1.807, 2.05) is 13.0 Å². The molecule has 156 valence electrons. The minimum absolute atomic E-state index is 0.204. The molecule has 0 radical (unpaired) electrons. The van der Waals surface area contributed by atoms with Crippen LogP contribution in [0.4, 0.5) is 0 Å². The quantitative estimate of drug-likeness (QED) is 0.691. The minimum Gasteiger partial charge on any atom is -0.481 e. The minimum atomic E-state index is -1.07. The van der Waals surface area contributed by atoms with Crippen molar-refractivity contribution < 1.29 is 23.8 Å². The van der Waals surface area contributed by atoms with Crippen molar-refractivity contribution >= 4 is 22.8 Å². The van der Waals surface area contributed by atoms with Gasteiger partial charge in [0.25, 0.3) is 5.91 Å². The molecule has 7 heteroatoms. The Labute approximate surface area is 169 Å². The summed E-state index contributed by atoms with van der Waals surface area (Å²) in [4.78, 5) is 36.1. The van der Waals surface area contributed by atoms with Gasteiger partial charge in [0, 0.05) is 17.0 Å². The van der Waals surface area contributed by atoms with Crippen LogP contribution in [0.2, 0.25) is 0 Å². The maximum atomic E-state index is 12.4. The molecule has 1 aromatic heterocycles. The lowest BCUT2D eigenvalue weighted by molar-refractivity contribution is -0.144. The van der Waals surface area contributed by atoms with Gasteiger partial charge >= 0.3 is 11.6 Å². The first kappa shape index (κ1) is 20.9. The molecule has 0 spiro atoms. The van der Waals surface area contributed by atoms with Gasteiger partial charge in [0.05, 0.1) is 0 Å². The number of carbonyl (C=O) groups excluding carboxylic acids is 1. The normalized spacial score (nSPS) is 16.5. The van der Waals surface area contributed by atoms with E-state index in [2.05, 4.69) is 5.32 Å². The number of aliphatic carboxylic acids is 1. The Balaban J connectivity index is 1.78. The lowest BCUT2D eigenvalue weighted by atomic mass is 9.91. The molecule has 3 rings (SSSR count). The molecule has 0 bridgehead atoms. The second-order valence-corrected chi connectivity index (χ2v) is 7.68. The largest absolute Gasteiger partial charge is 0.481 e. The molecule has 1 aliphatic carbocycles. The van der Waals surface area contributed by atoms with Crippen molar-refractivity contribution in [3.05, 3.63) is 39.7 Å². The molecule has 29 heavy (non-hydrogen) atoms. The third-order valence-electron chi connectivity index (χ3n) is 5.65. The lowest BCUT2D eigenvalue weighted by Gasteiger charge is -2.22. The van der Waals surface area contributed by atoms with E-state index >= 15 is 0 Å². The van der Waals surface area contributed by atoms with Gasteiger partial charge < -0.3 is 19.6 Å². The van der Waals surface area contributed by atoms with Gasteiger partial charge in [-0.25, -0.2) is 9.59 Å². The highest BCUT2D eigenvalue weighted by Crippen LogP contribution is 2.29. The monoisotopic (exact) mass is 401 g/mol. The molecule has 1 heterocycles. The predicted octanol–water partition coefficient (Wildman–Crippen LogP) is 3.05. The summed E-state index contributed by atoms with van der Waals surface area (Å²) in [6.45, 7) is 5.20. The van der Waals surface area contributed by atoms with Crippen molar-refractivity contribution in [2.24, 2.45) is 5.92 Å². The molecule has 0 fully saturated rings. The molecule has 3 atom stereocenters. The van der Waals surface area contributed by atoms with E-state index in [-0.39, 0.29) is 11.5 Å². The van der Waals surface area contributed by atoms with Crippen molar-refractivity contribution in [2.75, 3.05) is 0 Å². The smallest absolute Gasteiger partial charge is 0.339 e. The maximum Gasteiger partial charge on any atom is 0.339 e. The van der Waals surface area contributed by atoms with Crippen molar-refractivity contribution in [1.29, 1.82) is 0 Å². The number of rotatable bonds is 7. The number of hydrogen-bond acceptors (Lipinski definition) is 5. The number of hydrogen-bond donors (Lipinski definition) is 2. The zero-order chi connectivity index (χ0) is 21.1. The summed E-state index contributed by atoms with van der Waals surface area (Å²) in [6, 6.07) is 4.23. The molecule has 2 N–H and O–H groups in total. The van der Waals surface area contributed by atoms with Crippen LogP contribution in [0.3, 0.4) is 0 Å². The molecule has 0 saturated carbocycles. The van der Waals surface area contributed by atoms with Crippen LogP contribution >= 0.6 is 0 Å². The van der Waals surface area contributed by atoms with Crippen LogP contribution in [0.15, 0.2) is 27.4 Å². The molecular formula is C22H27NO6. The fourth-order valence-electron chi connectivity index (χ4n) is 3.71. The Bertz CT molecular complexity index is 979. The lowest BCUT2D eigenvalue weighted by Crippen LogP contribution is -2.49. The van der Waals surface area contributed by atoms with Crippen LogP contribution in [-0.2, 0) is 22.4 Å². The Morgan fingerprint density at radius 2 is 1.90 bits per heavy atom. The van der Waals surface area contributed by atoms with Crippen molar-refractivity contribution in [3.8, 4) is 5.75 Å². The summed E-state index contributed by atoms with van der Waals surface area (Å²) in [5.74, 6) is -1.40. The van der Waals surface area contributed by atoms with Gasteiger partial charge in [-0.05, 0) is 56.2 Å². The Hall–Kier alpha value is -2.83. The van der Waals surface area contributed by atoms with Crippen LogP contribution in [0.25, 0.3) is 11.0 Å². The van der Waals surface area contributed by atoms with Crippen LogP contribution < -0.4 is 15.7 Å². The predicted molar refractivity (Wildman–Crippen MR) is 108 cm³/mol. The fourth-order valence-corrected chi connectivity index (χ4v) is 3.71. The zero-order valence-electron chi connectivity index (χ0n) is 17.0. The number of amides is 1. The molecular weight excluding hydrogens is 374 g/mol. The van der Waals surface area contributed by atoms with Crippen molar-refractivity contribution in [2.45, 2.75) is 65.0 Å². The van der Waals surface area contributed by atoms with Crippen LogP contribution in [-0.4, -0.2) is 29.1 Å². The van der Waals surface area contributed by atoms with Gasteiger partial charge in [-0.15, -0.1) is 0 Å². The van der Waals surface area contributed by atoms with E-state index in [1.54, 1.807) is 26.0 Å². The highest BCUT2D eigenvalue weighted by molar-refractivity contribution is 5.87. The van der Waals surface area contributed by atoms with E-state index in [1.165, 1.54) is 0 Å². The Kier molecular flexibility index (Phi) is 6.25. The van der Waals surface area contributed by atoms with Crippen LogP contribution in [0.1, 0.15) is 51.2 Å². The van der Waals surface area contributed by atoms with E-state index in [0.717, 1.165) is 42.2 Å². The zero-order valence-corrected chi connectivity index (χ0v) is 17.0. The summed E-state index contributed by atoms with van der Waals surface area (Å²) in [7, 11) is 0. The standard InChI is InChI=1S/C22H27NO6/c1-4-12(2)19(21(25)26)23-20(24)13(3)28-14-9-10-16-15-7-5-6-8-17(15)22(27)29-18(16)11-14/h9-13,19H,4-8H2,1-3H3,(H,23,24)(H,25,26)/t12-,13-,19-/m0/s1. The van der Waals surface area contributed by atoms with Crippen LogP contribution in [0.5, 0.6) is 5.75 Å². The number of carbonyl (C=O) groups is 2. The topological polar surface area (TPSA) is 106 Å². The number of benzene rings is 1. The molecule has 1 aliphatic rings. The number of ether oxygens (including phenoxy) is 1. The highest BCUT2D eigenvalue weighted by Gasteiger charge is 2.28. The first-order chi connectivity index (χ1) is 13.8. The summed E-state index contributed by atoms with van der Waals surface area (Å²) in [5.41, 5.74) is 1.92. The molecule has 0 aliphatic heterocycles. The fraction of sp³-hybridized carbons (Fsp3) is 0.500. The summed E-state index contributed by atoms with van der Waals surface area (Å²) < 4.78 is 11.2. The molecule has 0 saturated heterocycles. The average molecular weight is 401 g/mol. The first-order valence-corrected chi connectivity index (χ1v) is 10.1. The number of nitrogens with one attached hydrogen (secondary N) is 1. The summed E-state index contributed by atoms with van der Waals surface area (Å²) >= 11 is 0. The third kappa shape index (κ3) is 4.44. The highest BCUT2D eigenvalue weighted by atomic mass is 16.5. The Morgan fingerprint density at radius 1 is 1.21 bits per heavy atom. The Morgan fingerprint density at radius 3 is 2.55 bits per heavy atom. The van der Waals surface area contributed by atoms with Gasteiger partial charge in [0.15, 0.2) is 6.10 Å². The SMILES string of the molecule is CC[C@H](C)[C@H](NC(=O)[C@H](C)Oc1ccc2c3c(c(=O)oc2c1)CCCC3)C(=O)O. The van der Waals surface area contributed by atoms with E-state index < -0.39 is 24.0 Å². The van der Waals surface area contributed by atoms with Gasteiger partial charge in [-0.3, -0.25) is 4.79 Å². The van der Waals surface area contributed by atoms with Gasteiger partial charge in [-0.1, -0.05) is 20.3 Å². The maximum absolute atomic E-state index is 12.4. The molecule has 2 aromatic rings. The number of carboxylic acid groups (broad SMARTS) is 1. The van der Waals surface area contributed by atoms with Gasteiger partial charge in [0.1, 0.15) is 17.4 Å². The van der Waals surface area contributed by atoms with E-state index in [4.69, 9.17) is 9.15 Å². The van der Waals surface area contributed by atoms with Gasteiger partial charge in [0.2, 0.25) is 0 Å². The molecule has 7 nitrogen and oxygen atoms in total. The summed E-state index contributed by atoms with van der Waals surface area (Å²) in [6.07, 6.45) is 3.35. The first-order valence-electron chi connectivity index (χ1n) is 10.1. The van der Waals surface area contributed by atoms with Crippen molar-refractivity contribution in [3.63, 3.8) is 0 Å². The third-order valence-corrected chi connectivity index (χ3v) is 5.65. The number of fused-ring (bicyclic) bond motifs is 3. The van der Waals surface area contributed by atoms with Crippen LogP contribution in [0, 0.1) is 5.92 Å². The van der Waals surface area contributed by atoms with E-state index in [9.17, 15) is 19.5 Å². The van der Waals surface area contributed by atoms with Gasteiger partial charge in [-0.2, -0.15) is 0 Å². The second kappa shape index (κ2) is 8.68. The number of carboxylic acids is 1. The second-order valence-electron chi connectivity index (χ2n) is 7.68. The van der Waals surface area contributed by atoms with Crippen molar-refractivity contribution in [1.82, 2.24) is 5.32 Å². The van der Waals surface area contributed by atoms with E-state index in [0.29, 0.717) is 17.8 Å². The molecule has 0 unspecified atom stereocenters. The summed E-state index contributed by atoms with van der Waals surface area (Å²) in [5, 5.41) is 12.8. The average Bonchev–Trinajstić information content (AvgIpc) is 2.71. The molecule has 1 amide bonds. The molecule has 1 aromatic carbocycles.